The van der Waals surface area contributed by atoms with Crippen LogP contribution in [0.15, 0.2) is 48.5 Å². The normalized spacial score (nSPS) is 9.93. The van der Waals surface area contributed by atoms with Crippen molar-refractivity contribution in [2.75, 3.05) is 11.9 Å². The van der Waals surface area contributed by atoms with Crippen molar-refractivity contribution in [3.8, 4) is 0 Å². The summed E-state index contributed by atoms with van der Waals surface area (Å²) in [6.07, 6.45) is -0.866. The number of carboxylic acids is 1. The Kier molecular flexibility index (Phi) is 6.42. The molecule has 0 saturated carbocycles. The molecule has 27 heavy (non-hydrogen) atoms. The number of hydrogen-bond donors (Lipinski definition) is 3. The second kappa shape index (κ2) is 8.94. The van der Waals surface area contributed by atoms with E-state index in [1.54, 1.807) is 6.07 Å². The molecule has 2 amide bonds. The van der Waals surface area contributed by atoms with Crippen LogP contribution in [-0.4, -0.2) is 34.5 Å². The fourth-order valence-corrected chi connectivity index (χ4v) is 2.04. The minimum atomic E-state index is -1.19. The average Bonchev–Trinajstić information content (AvgIpc) is 2.65. The molecule has 0 heterocycles. The van der Waals surface area contributed by atoms with Crippen LogP contribution in [0.25, 0.3) is 0 Å². The van der Waals surface area contributed by atoms with Crippen molar-refractivity contribution in [2.45, 2.75) is 6.61 Å². The van der Waals surface area contributed by atoms with Crippen LogP contribution in [-0.2, 0) is 16.1 Å². The van der Waals surface area contributed by atoms with Crippen molar-refractivity contribution < 1.29 is 29.2 Å². The molecule has 2 aromatic carbocycles. The number of para-hydroxylation sites is 1. The molecule has 10 heteroatoms. The number of benzene rings is 2. The van der Waals surface area contributed by atoms with Gasteiger partial charge in [0.2, 0.25) is 5.91 Å². The summed E-state index contributed by atoms with van der Waals surface area (Å²) in [6.45, 7) is -0.555. The zero-order valence-electron chi connectivity index (χ0n) is 13.9. The van der Waals surface area contributed by atoms with Gasteiger partial charge in [-0.3, -0.25) is 14.9 Å². The SMILES string of the molecule is O=C(CNC(=O)OCc1ccc([N+](=O)[O-])cc1)Nc1ccccc1C(=O)O. The third-order valence-electron chi connectivity index (χ3n) is 3.34. The monoisotopic (exact) mass is 373 g/mol. The molecule has 10 nitrogen and oxygen atoms in total. The van der Waals surface area contributed by atoms with E-state index in [1.165, 1.54) is 42.5 Å². The molecular weight excluding hydrogens is 358 g/mol. The molecule has 0 fully saturated rings. The summed E-state index contributed by atoms with van der Waals surface area (Å²) < 4.78 is 4.90. The van der Waals surface area contributed by atoms with Crippen LogP contribution in [0.4, 0.5) is 16.2 Å². The summed E-state index contributed by atoms with van der Waals surface area (Å²) in [5.41, 5.74) is 0.486. The van der Waals surface area contributed by atoms with E-state index in [2.05, 4.69) is 10.6 Å². The molecule has 0 spiro atoms. The highest BCUT2D eigenvalue weighted by Crippen LogP contribution is 2.14. The van der Waals surface area contributed by atoms with Gasteiger partial charge in [-0.25, -0.2) is 9.59 Å². The van der Waals surface area contributed by atoms with Gasteiger partial charge in [-0.15, -0.1) is 0 Å². The quantitative estimate of drug-likeness (QED) is 0.497. The van der Waals surface area contributed by atoms with Gasteiger partial charge in [0.25, 0.3) is 5.69 Å². The van der Waals surface area contributed by atoms with Gasteiger partial charge in [0.15, 0.2) is 0 Å². The molecule has 0 unspecified atom stereocenters. The Hall–Kier alpha value is -3.95. The number of non-ortho nitro benzene ring substituents is 1. The maximum Gasteiger partial charge on any atom is 0.407 e. The van der Waals surface area contributed by atoms with Gasteiger partial charge in [0.1, 0.15) is 13.2 Å². The Labute approximate surface area is 152 Å². The largest absolute Gasteiger partial charge is 0.478 e. The van der Waals surface area contributed by atoms with Gasteiger partial charge in [-0.05, 0) is 29.8 Å². The number of carbonyl (C=O) groups is 3. The molecule has 0 aromatic heterocycles. The molecule has 0 aliphatic heterocycles. The molecule has 0 aliphatic carbocycles. The van der Waals surface area contributed by atoms with Gasteiger partial charge < -0.3 is 20.5 Å². The third kappa shape index (κ3) is 5.81. The highest BCUT2D eigenvalue weighted by atomic mass is 16.6. The maximum absolute atomic E-state index is 11.8. The Morgan fingerprint density at radius 2 is 1.74 bits per heavy atom. The molecule has 2 rings (SSSR count). The van der Waals surface area contributed by atoms with Crippen LogP contribution in [0.1, 0.15) is 15.9 Å². The van der Waals surface area contributed by atoms with Gasteiger partial charge in [0.05, 0.1) is 16.2 Å². The van der Waals surface area contributed by atoms with Crippen molar-refractivity contribution in [1.82, 2.24) is 5.32 Å². The van der Waals surface area contributed by atoms with E-state index in [-0.39, 0.29) is 23.5 Å². The zero-order valence-corrected chi connectivity index (χ0v) is 13.9. The van der Waals surface area contributed by atoms with Gasteiger partial charge in [-0.2, -0.15) is 0 Å². The Morgan fingerprint density at radius 3 is 2.37 bits per heavy atom. The number of rotatable bonds is 7. The van der Waals surface area contributed by atoms with Crippen LogP contribution in [0.3, 0.4) is 0 Å². The van der Waals surface area contributed by atoms with E-state index in [4.69, 9.17) is 9.84 Å². The van der Waals surface area contributed by atoms with E-state index in [0.29, 0.717) is 5.56 Å². The van der Waals surface area contributed by atoms with Crippen LogP contribution in [0.5, 0.6) is 0 Å². The van der Waals surface area contributed by atoms with Crippen LogP contribution >= 0.6 is 0 Å². The van der Waals surface area contributed by atoms with Crippen molar-refractivity contribution in [3.05, 3.63) is 69.8 Å². The first-order chi connectivity index (χ1) is 12.9. The predicted molar refractivity (Wildman–Crippen MR) is 93.3 cm³/mol. The molecule has 0 bridgehead atoms. The van der Waals surface area contributed by atoms with Crippen molar-refractivity contribution in [1.29, 1.82) is 0 Å². The van der Waals surface area contributed by atoms with Crippen molar-refractivity contribution >= 4 is 29.3 Å². The highest BCUT2D eigenvalue weighted by Gasteiger charge is 2.13. The molecule has 140 valence electrons. The number of alkyl carbamates (subject to hydrolysis) is 1. The molecule has 0 radical (unpaired) electrons. The second-order valence-electron chi connectivity index (χ2n) is 5.25. The number of nitrogens with zero attached hydrogens (tertiary/aromatic N) is 1. The second-order valence-corrected chi connectivity index (χ2v) is 5.25. The smallest absolute Gasteiger partial charge is 0.407 e. The summed E-state index contributed by atoms with van der Waals surface area (Å²) >= 11 is 0. The number of anilines is 1. The van der Waals surface area contributed by atoms with E-state index in [0.717, 1.165) is 0 Å². The Balaban J connectivity index is 1.79. The molecular formula is C17H15N3O7. The first-order valence-electron chi connectivity index (χ1n) is 7.63. The number of nitro benzene ring substituents is 1. The first-order valence-corrected chi connectivity index (χ1v) is 7.63. The average molecular weight is 373 g/mol. The number of amides is 2. The number of aromatic carboxylic acids is 1. The lowest BCUT2D eigenvalue weighted by Crippen LogP contribution is -2.33. The van der Waals surface area contributed by atoms with E-state index in [9.17, 15) is 24.5 Å². The van der Waals surface area contributed by atoms with E-state index >= 15 is 0 Å². The fourth-order valence-electron chi connectivity index (χ4n) is 2.04. The van der Waals surface area contributed by atoms with Crippen molar-refractivity contribution in [2.24, 2.45) is 0 Å². The third-order valence-corrected chi connectivity index (χ3v) is 3.34. The highest BCUT2D eigenvalue weighted by molar-refractivity contribution is 6.01. The lowest BCUT2D eigenvalue weighted by molar-refractivity contribution is -0.384. The Bertz CT molecular complexity index is 865. The molecule has 0 aliphatic rings. The summed E-state index contributed by atoms with van der Waals surface area (Å²) in [4.78, 5) is 44.5. The Morgan fingerprint density at radius 1 is 1.07 bits per heavy atom. The maximum atomic E-state index is 11.8. The lowest BCUT2D eigenvalue weighted by Gasteiger charge is -2.09. The minimum absolute atomic E-state index is 0.0772. The molecule has 3 N–H and O–H groups in total. The number of ether oxygens (including phenoxy) is 1. The summed E-state index contributed by atoms with van der Waals surface area (Å²) in [5, 5.41) is 24.2. The summed E-state index contributed by atoms with van der Waals surface area (Å²) in [7, 11) is 0. The number of hydrogen-bond acceptors (Lipinski definition) is 6. The number of nitrogens with one attached hydrogen (secondary N) is 2. The number of carboxylic acid groups (broad SMARTS) is 1. The van der Waals surface area contributed by atoms with Crippen molar-refractivity contribution in [3.63, 3.8) is 0 Å². The standard InChI is InChI=1S/C17H15N3O7/c21-15(19-14-4-2-1-3-13(14)16(22)23)9-18-17(24)27-10-11-5-7-12(8-6-11)20(25)26/h1-8H,9-10H2,(H,18,24)(H,19,21)(H,22,23). The summed E-state index contributed by atoms with van der Waals surface area (Å²) in [6, 6.07) is 11.3. The molecule has 0 atom stereocenters. The predicted octanol–water partition coefficient (Wildman–Crippen LogP) is 2.16. The summed E-state index contributed by atoms with van der Waals surface area (Å²) in [5.74, 6) is -1.82. The fraction of sp³-hybridized carbons (Fsp3) is 0.118. The molecule has 2 aromatic rings. The first kappa shape index (κ1) is 19.4. The zero-order chi connectivity index (χ0) is 19.8. The lowest BCUT2D eigenvalue weighted by atomic mass is 10.2. The van der Waals surface area contributed by atoms with E-state index in [1.807, 2.05) is 0 Å². The van der Waals surface area contributed by atoms with Gasteiger partial charge in [-0.1, -0.05) is 12.1 Å². The van der Waals surface area contributed by atoms with Crippen LogP contribution < -0.4 is 10.6 Å². The van der Waals surface area contributed by atoms with E-state index < -0.39 is 29.4 Å². The number of nitro groups is 1. The van der Waals surface area contributed by atoms with Gasteiger partial charge >= 0.3 is 12.1 Å². The van der Waals surface area contributed by atoms with Gasteiger partial charge in [0, 0.05) is 12.1 Å². The van der Waals surface area contributed by atoms with Crippen LogP contribution in [0.2, 0.25) is 0 Å². The molecule has 0 saturated heterocycles. The van der Waals surface area contributed by atoms with Crippen LogP contribution in [0, 0.1) is 10.1 Å². The topological polar surface area (TPSA) is 148 Å². The number of carbonyl (C=O) groups excluding carboxylic acids is 2. The minimum Gasteiger partial charge on any atom is -0.478 e.